The molecule has 1 unspecified atom stereocenters. The molecule has 2 rings (SSSR count). The van der Waals surface area contributed by atoms with Gasteiger partial charge in [0.05, 0.1) is 17.8 Å². The molecule has 0 aliphatic carbocycles. The molecule has 3 heteroatoms. The first-order valence-corrected chi connectivity index (χ1v) is 6.82. The fourth-order valence-corrected chi connectivity index (χ4v) is 2.17. The van der Waals surface area contributed by atoms with Crippen LogP contribution in [0.15, 0.2) is 48.5 Å². The van der Waals surface area contributed by atoms with Gasteiger partial charge >= 0.3 is 0 Å². The Morgan fingerprint density at radius 1 is 1.10 bits per heavy atom. The van der Waals surface area contributed by atoms with Crippen molar-refractivity contribution in [3.8, 4) is 0 Å². The van der Waals surface area contributed by atoms with Crippen molar-refractivity contribution < 1.29 is 9.50 Å². The molecule has 2 aromatic rings. The molecule has 0 amide bonds. The van der Waals surface area contributed by atoms with Gasteiger partial charge < -0.3 is 10.4 Å². The molecule has 0 aliphatic rings. The van der Waals surface area contributed by atoms with Gasteiger partial charge in [0.25, 0.3) is 0 Å². The van der Waals surface area contributed by atoms with Crippen molar-refractivity contribution in [3.05, 3.63) is 65.5 Å². The topological polar surface area (TPSA) is 32.3 Å². The second-order valence-corrected chi connectivity index (χ2v) is 5.15. The number of hydrogen-bond donors (Lipinski definition) is 2. The van der Waals surface area contributed by atoms with E-state index in [4.69, 9.17) is 0 Å². The van der Waals surface area contributed by atoms with Crippen LogP contribution >= 0.6 is 0 Å². The van der Waals surface area contributed by atoms with Crippen LogP contribution in [0.25, 0.3) is 0 Å². The molecule has 0 saturated heterocycles. The third-order valence-corrected chi connectivity index (χ3v) is 3.60. The number of nitrogens with one attached hydrogen (secondary N) is 1. The Labute approximate surface area is 119 Å². The van der Waals surface area contributed by atoms with Crippen molar-refractivity contribution in [2.75, 3.05) is 11.9 Å². The predicted octanol–water partition coefficient (Wildman–Crippen LogP) is 3.71. The molecule has 0 spiro atoms. The van der Waals surface area contributed by atoms with Crippen molar-refractivity contribution in [3.63, 3.8) is 0 Å². The average Bonchev–Trinajstić information content (AvgIpc) is 2.49. The van der Waals surface area contributed by atoms with Crippen molar-refractivity contribution >= 4 is 5.69 Å². The lowest BCUT2D eigenvalue weighted by Crippen LogP contribution is -2.36. The highest BCUT2D eigenvalue weighted by Crippen LogP contribution is 2.27. The number of rotatable bonds is 5. The van der Waals surface area contributed by atoms with Gasteiger partial charge in [-0.05, 0) is 36.6 Å². The lowest BCUT2D eigenvalue weighted by Gasteiger charge is -2.31. The lowest BCUT2D eigenvalue weighted by molar-refractivity contribution is 0.223. The van der Waals surface area contributed by atoms with Gasteiger partial charge in [-0.25, -0.2) is 4.39 Å². The van der Waals surface area contributed by atoms with Crippen LogP contribution in [0.3, 0.4) is 0 Å². The molecule has 0 bridgehead atoms. The van der Waals surface area contributed by atoms with E-state index < -0.39 is 5.54 Å². The molecular formula is C17H20FNO. The number of halogens is 1. The summed E-state index contributed by atoms with van der Waals surface area (Å²) in [6.07, 6.45) is 0.969. The van der Waals surface area contributed by atoms with Gasteiger partial charge in [-0.1, -0.05) is 43.3 Å². The smallest absolute Gasteiger partial charge is 0.146 e. The average molecular weight is 273 g/mol. The monoisotopic (exact) mass is 273 g/mol. The molecule has 2 nitrogen and oxygen atoms in total. The normalized spacial score (nSPS) is 13.8. The number of aliphatic hydroxyl groups excluding tert-OH is 1. The zero-order valence-electron chi connectivity index (χ0n) is 11.9. The van der Waals surface area contributed by atoms with Crippen molar-refractivity contribution in [2.24, 2.45) is 0 Å². The number of benzene rings is 2. The summed E-state index contributed by atoms with van der Waals surface area (Å²) in [5.41, 5.74) is 1.85. The van der Waals surface area contributed by atoms with Crippen LogP contribution in [0.4, 0.5) is 10.1 Å². The first-order chi connectivity index (χ1) is 9.59. The van der Waals surface area contributed by atoms with Gasteiger partial charge in [0.1, 0.15) is 5.82 Å². The fraction of sp³-hybridized carbons (Fsp3) is 0.294. The van der Waals surface area contributed by atoms with E-state index >= 15 is 0 Å². The highest BCUT2D eigenvalue weighted by molar-refractivity contribution is 5.49. The third-order valence-electron chi connectivity index (χ3n) is 3.60. The summed E-state index contributed by atoms with van der Waals surface area (Å²) < 4.78 is 13.7. The number of aryl methyl sites for hydroxylation is 1. The summed E-state index contributed by atoms with van der Waals surface area (Å²) in [4.78, 5) is 0. The summed E-state index contributed by atoms with van der Waals surface area (Å²) in [6.45, 7) is 3.84. The second kappa shape index (κ2) is 6.06. The Morgan fingerprint density at radius 2 is 1.75 bits per heavy atom. The van der Waals surface area contributed by atoms with Crippen LogP contribution in [-0.4, -0.2) is 11.7 Å². The van der Waals surface area contributed by atoms with Gasteiger partial charge in [-0.15, -0.1) is 0 Å². The first kappa shape index (κ1) is 14.5. The van der Waals surface area contributed by atoms with Crippen LogP contribution in [0, 0.1) is 5.82 Å². The molecule has 0 aromatic heterocycles. The predicted molar refractivity (Wildman–Crippen MR) is 80.3 cm³/mol. The fourth-order valence-electron chi connectivity index (χ4n) is 2.17. The van der Waals surface area contributed by atoms with Gasteiger partial charge in [0.2, 0.25) is 0 Å². The van der Waals surface area contributed by atoms with Gasteiger partial charge in [0, 0.05) is 0 Å². The van der Waals surface area contributed by atoms with Crippen molar-refractivity contribution in [2.45, 2.75) is 25.8 Å². The van der Waals surface area contributed by atoms with E-state index in [-0.39, 0.29) is 12.4 Å². The molecule has 0 radical (unpaired) electrons. The molecule has 0 fully saturated rings. The third kappa shape index (κ3) is 2.99. The summed E-state index contributed by atoms with van der Waals surface area (Å²) in [5.74, 6) is -0.322. The van der Waals surface area contributed by atoms with E-state index in [0.717, 1.165) is 12.0 Å². The first-order valence-electron chi connectivity index (χ1n) is 6.82. The summed E-state index contributed by atoms with van der Waals surface area (Å²) >= 11 is 0. The maximum absolute atomic E-state index is 13.7. The standard InChI is InChI=1S/C17H20FNO/c1-3-13-8-10-14(11-9-13)17(2,12-20)19-16-7-5-4-6-15(16)18/h4-11,19-20H,3,12H2,1-2H3. The van der Waals surface area contributed by atoms with E-state index in [1.165, 1.54) is 11.6 Å². The molecule has 2 aromatic carbocycles. The quantitative estimate of drug-likeness (QED) is 0.870. The van der Waals surface area contributed by atoms with Crippen LogP contribution in [0.2, 0.25) is 0 Å². The Balaban J connectivity index is 2.30. The molecule has 0 saturated carbocycles. The summed E-state index contributed by atoms with van der Waals surface area (Å²) in [7, 11) is 0. The molecule has 20 heavy (non-hydrogen) atoms. The minimum atomic E-state index is -0.714. The van der Waals surface area contributed by atoms with Crippen LogP contribution < -0.4 is 5.32 Å². The summed E-state index contributed by atoms with van der Waals surface area (Å²) in [6, 6.07) is 14.5. The van der Waals surface area contributed by atoms with Crippen LogP contribution in [0.1, 0.15) is 25.0 Å². The number of anilines is 1. The highest BCUT2D eigenvalue weighted by atomic mass is 19.1. The van der Waals surface area contributed by atoms with E-state index in [2.05, 4.69) is 12.2 Å². The van der Waals surface area contributed by atoms with E-state index in [1.807, 2.05) is 31.2 Å². The Bertz CT molecular complexity index is 567. The lowest BCUT2D eigenvalue weighted by atomic mass is 9.91. The SMILES string of the molecule is CCc1ccc(C(C)(CO)Nc2ccccc2F)cc1. The van der Waals surface area contributed by atoms with Gasteiger partial charge in [0.15, 0.2) is 0 Å². The maximum Gasteiger partial charge on any atom is 0.146 e. The van der Waals surface area contributed by atoms with Crippen molar-refractivity contribution in [1.82, 2.24) is 0 Å². The molecule has 1 atom stereocenters. The Morgan fingerprint density at radius 3 is 2.30 bits per heavy atom. The van der Waals surface area contributed by atoms with Crippen LogP contribution in [-0.2, 0) is 12.0 Å². The summed E-state index contributed by atoms with van der Waals surface area (Å²) in [5, 5.41) is 12.8. The molecule has 0 heterocycles. The Kier molecular flexibility index (Phi) is 4.40. The van der Waals surface area contributed by atoms with Crippen LogP contribution in [0.5, 0.6) is 0 Å². The largest absolute Gasteiger partial charge is 0.394 e. The maximum atomic E-state index is 13.7. The number of aliphatic hydroxyl groups is 1. The van der Waals surface area contributed by atoms with E-state index in [0.29, 0.717) is 5.69 Å². The molecule has 0 aliphatic heterocycles. The molecule has 2 N–H and O–H groups in total. The zero-order chi connectivity index (χ0) is 14.6. The minimum Gasteiger partial charge on any atom is -0.394 e. The Hall–Kier alpha value is -1.87. The van der Waals surface area contributed by atoms with Gasteiger partial charge in [-0.2, -0.15) is 0 Å². The van der Waals surface area contributed by atoms with E-state index in [9.17, 15) is 9.50 Å². The molecular weight excluding hydrogens is 253 g/mol. The zero-order valence-corrected chi connectivity index (χ0v) is 11.9. The van der Waals surface area contributed by atoms with Gasteiger partial charge in [-0.3, -0.25) is 0 Å². The van der Waals surface area contributed by atoms with Crippen molar-refractivity contribution in [1.29, 1.82) is 0 Å². The second-order valence-electron chi connectivity index (χ2n) is 5.15. The minimum absolute atomic E-state index is 0.118. The number of para-hydroxylation sites is 1. The highest BCUT2D eigenvalue weighted by Gasteiger charge is 2.26. The van der Waals surface area contributed by atoms with E-state index in [1.54, 1.807) is 18.2 Å². The number of hydrogen-bond acceptors (Lipinski definition) is 2. The molecule has 106 valence electrons.